The van der Waals surface area contributed by atoms with E-state index in [2.05, 4.69) is 20.7 Å². The van der Waals surface area contributed by atoms with Crippen LogP contribution in [0.4, 0.5) is 0 Å². The minimum Gasteiger partial charge on any atom is -0.489 e. The third kappa shape index (κ3) is 8.33. The molecule has 0 spiro atoms. The van der Waals surface area contributed by atoms with Crippen LogP contribution in [0.15, 0.2) is 47.6 Å². The number of nitrogens with zero attached hydrogens (tertiary/aromatic N) is 2. The summed E-state index contributed by atoms with van der Waals surface area (Å²) in [5.41, 5.74) is 3.67. The first-order valence-corrected chi connectivity index (χ1v) is 11.4. The Morgan fingerprint density at radius 3 is 2.45 bits per heavy atom. The summed E-state index contributed by atoms with van der Waals surface area (Å²) >= 11 is 12.3. The monoisotopic (exact) mass is 492 g/mol. The lowest BCUT2D eigenvalue weighted by Gasteiger charge is -2.26. The van der Waals surface area contributed by atoms with E-state index in [1.165, 1.54) is 6.21 Å². The van der Waals surface area contributed by atoms with E-state index in [-0.39, 0.29) is 6.61 Å². The molecule has 2 aromatic carbocycles. The molecule has 1 aliphatic heterocycles. The number of benzene rings is 2. The summed E-state index contributed by atoms with van der Waals surface area (Å²) in [6.07, 6.45) is 2.21. The van der Waals surface area contributed by atoms with Crippen LogP contribution in [0.1, 0.15) is 17.5 Å². The lowest BCUT2D eigenvalue weighted by atomic mass is 10.2. The smallest absolute Gasteiger partial charge is 0.329 e. The third-order valence-corrected chi connectivity index (χ3v) is 5.66. The second kappa shape index (κ2) is 13.2. The molecule has 0 aromatic heterocycles. The fourth-order valence-electron chi connectivity index (χ4n) is 3.10. The largest absolute Gasteiger partial charge is 0.489 e. The zero-order valence-electron chi connectivity index (χ0n) is 18.1. The Labute approximate surface area is 202 Å². The van der Waals surface area contributed by atoms with E-state index in [9.17, 15) is 9.59 Å². The Morgan fingerprint density at radius 1 is 1.06 bits per heavy atom. The first-order valence-electron chi connectivity index (χ1n) is 10.6. The predicted octanol–water partition coefficient (Wildman–Crippen LogP) is 2.86. The highest BCUT2D eigenvalue weighted by atomic mass is 35.5. The molecule has 10 heteroatoms. The Bertz CT molecular complexity index is 943. The maximum atomic E-state index is 11.9. The number of hydrogen-bond donors (Lipinski definition) is 2. The van der Waals surface area contributed by atoms with Crippen molar-refractivity contribution in [2.75, 3.05) is 39.4 Å². The van der Waals surface area contributed by atoms with Crippen molar-refractivity contribution in [2.45, 2.75) is 13.0 Å². The van der Waals surface area contributed by atoms with E-state index in [1.54, 1.807) is 42.5 Å². The topological polar surface area (TPSA) is 92.3 Å². The fourth-order valence-corrected chi connectivity index (χ4v) is 3.61. The van der Waals surface area contributed by atoms with Crippen LogP contribution in [-0.4, -0.2) is 62.3 Å². The van der Waals surface area contributed by atoms with Gasteiger partial charge in [0.05, 0.1) is 19.4 Å². The maximum Gasteiger partial charge on any atom is 0.329 e. The van der Waals surface area contributed by atoms with Crippen LogP contribution in [0.5, 0.6) is 5.75 Å². The van der Waals surface area contributed by atoms with Crippen LogP contribution in [-0.2, 0) is 20.9 Å². The molecule has 8 nitrogen and oxygen atoms in total. The van der Waals surface area contributed by atoms with Gasteiger partial charge in [-0.15, -0.1) is 0 Å². The molecule has 176 valence electrons. The van der Waals surface area contributed by atoms with Crippen molar-refractivity contribution < 1.29 is 19.1 Å². The van der Waals surface area contributed by atoms with E-state index >= 15 is 0 Å². The van der Waals surface area contributed by atoms with Crippen LogP contribution in [0.3, 0.4) is 0 Å². The van der Waals surface area contributed by atoms with Gasteiger partial charge < -0.3 is 14.8 Å². The van der Waals surface area contributed by atoms with Gasteiger partial charge in [-0.05, 0) is 54.9 Å². The zero-order chi connectivity index (χ0) is 23.5. The highest BCUT2D eigenvalue weighted by Crippen LogP contribution is 2.25. The molecule has 0 saturated carbocycles. The minimum atomic E-state index is -0.811. The molecular formula is C23H26Cl2N4O4. The van der Waals surface area contributed by atoms with E-state index in [4.69, 9.17) is 32.7 Å². The average Bonchev–Trinajstić information content (AvgIpc) is 2.83. The number of amides is 2. The number of ether oxygens (including phenoxy) is 2. The number of rotatable bonds is 9. The highest BCUT2D eigenvalue weighted by molar-refractivity contribution is 6.36. The molecule has 0 unspecified atom stereocenters. The SMILES string of the molecule is O=C(NCCCN1CCOCC1)C(=O)N/N=C\c1ccc(OCc2c(Cl)cccc2Cl)cc1. The molecule has 2 aromatic rings. The molecule has 1 saturated heterocycles. The summed E-state index contributed by atoms with van der Waals surface area (Å²) in [6.45, 7) is 4.78. The van der Waals surface area contributed by atoms with Gasteiger partial charge in [-0.25, -0.2) is 5.43 Å². The summed E-state index contributed by atoms with van der Waals surface area (Å²) in [5, 5.41) is 7.51. The van der Waals surface area contributed by atoms with Crippen LogP contribution in [0.25, 0.3) is 0 Å². The van der Waals surface area contributed by atoms with Gasteiger partial charge in [0, 0.05) is 35.2 Å². The van der Waals surface area contributed by atoms with Crippen molar-refractivity contribution in [3.8, 4) is 5.75 Å². The Hall–Kier alpha value is -2.65. The summed E-state index contributed by atoms with van der Waals surface area (Å²) in [5.74, 6) is -0.895. The number of halogens is 2. The first-order chi connectivity index (χ1) is 16.0. The number of carbonyl (C=O) groups is 2. The minimum absolute atomic E-state index is 0.240. The summed E-state index contributed by atoms with van der Waals surface area (Å²) in [4.78, 5) is 26.0. The van der Waals surface area contributed by atoms with Gasteiger partial charge in [0.15, 0.2) is 0 Å². The normalized spacial score (nSPS) is 14.2. The van der Waals surface area contributed by atoms with Gasteiger partial charge in [0.1, 0.15) is 12.4 Å². The molecule has 0 aliphatic carbocycles. The fraction of sp³-hybridized carbons (Fsp3) is 0.348. The highest BCUT2D eigenvalue weighted by Gasteiger charge is 2.13. The zero-order valence-corrected chi connectivity index (χ0v) is 19.6. The van der Waals surface area contributed by atoms with E-state index in [0.717, 1.165) is 44.8 Å². The summed E-state index contributed by atoms with van der Waals surface area (Å²) in [6, 6.07) is 12.3. The molecule has 2 N–H and O–H groups in total. The van der Waals surface area contributed by atoms with Crippen molar-refractivity contribution in [3.05, 3.63) is 63.6 Å². The summed E-state index contributed by atoms with van der Waals surface area (Å²) in [7, 11) is 0. The number of morpholine rings is 1. The molecule has 1 fully saturated rings. The van der Waals surface area contributed by atoms with Crippen LogP contribution in [0.2, 0.25) is 10.0 Å². The molecule has 3 rings (SSSR count). The number of nitrogens with one attached hydrogen (secondary N) is 2. The standard InChI is InChI=1S/C23H26Cl2N4O4/c24-20-3-1-4-21(25)19(20)16-33-18-7-5-17(6-8-18)15-27-28-23(31)22(30)26-9-2-10-29-11-13-32-14-12-29/h1,3-8,15H,2,9-14,16H2,(H,26,30)(H,28,31)/b27-15-. The van der Waals surface area contributed by atoms with Crippen molar-refractivity contribution in [1.82, 2.24) is 15.6 Å². The molecule has 0 bridgehead atoms. The summed E-state index contributed by atoms with van der Waals surface area (Å²) < 4.78 is 11.0. The number of hydrazone groups is 1. The third-order valence-electron chi connectivity index (χ3n) is 4.95. The lowest BCUT2D eigenvalue weighted by molar-refractivity contribution is -0.139. The maximum absolute atomic E-state index is 11.9. The van der Waals surface area contributed by atoms with Crippen molar-refractivity contribution >= 4 is 41.2 Å². The lowest BCUT2D eigenvalue weighted by Crippen LogP contribution is -2.40. The second-order valence-electron chi connectivity index (χ2n) is 7.32. The van der Waals surface area contributed by atoms with Crippen molar-refractivity contribution in [3.63, 3.8) is 0 Å². The Balaban J connectivity index is 1.36. The van der Waals surface area contributed by atoms with Crippen LogP contribution in [0, 0.1) is 0 Å². The molecule has 0 atom stereocenters. The number of hydrogen-bond acceptors (Lipinski definition) is 6. The molecule has 2 amide bonds. The van der Waals surface area contributed by atoms with Gasteiger partial charge in [0.2, 0.25) is 0 Å². The molecule has 33 heavy (non-hydrogen) atoms. The first kappa shape index (κ1) is 25.0. The Morgan fingerprint density at radius 2 is 1.76 bits per heavy atom. The van der Waals surface area contributed by atoms with E-state index in [0.29, 0.717) is 27.9 Å². The van der Waals surface area contributed by atoms with Gasteiger partial charge >= 0.3 is 11.8 Å². The van der Waals surface area contributed by atoms with Crippen molar-refractivity contribution in [1.29, 1.82) is 0 Å². The van der Waals surface area contributed by atoms with E-state index < -0.39 is 11.8 Å². The van der Waals surface area contributed by atoms with Gasteiger partial charge in [0.25, 0.3) is 0 Å². The quantitative estimate of drug-likeness (QED) is 0.243. The van der Waals surface area contributed by atoms with Gasteiger partial charge in [-0.2, -0.15) is 5.10 Å². The molecule has 0 radical (unpaired) electrons. The van der Waals surface area contributed by atoms with Crippen LogP contribution >= 0.6 is 23.2 Å². The number of carbonyl (C=O) groups excluding carboxylic acids is 2. The van der Waals surface area contributed by atoms with E-state index in [1.807, 2.05) is 0 Å². The van der Waals surface area contributed by atoms with Gasteiger partial charge in [-0.1, -0.05) is 29.3 Å². The van der Waals surface area contributed by atoms with Crippen LogP contribution < -0.4 is 15.5 Å². The molecule has 1 aliphatic rings. The van der Waals surface area contributed by atoms with Crippen molar-refractivity contribution in [2.24, 2.45) is 5.10 Å². The second-order valence-corrected chi connectivity index (χ2v) is 8.13. The predicted molar refractivity (Wildman–Crippen MR) is 128 cm³/mol. The molecule has 1 heterocycles. The average molecular weight is 493 g/mol. The Kier molecular flexibility index (Phi) is 9.96. The molecular weight excluding hydrogens is 467 g/mol. The van der Waals surface area contributed by atoms with Gasteiger partial charge in [-0.3, -0.25) is 14.5 Å².